The highest BCUT2D eigenvalue weighted by molar-refractivity contribution is 5.93. The van der Waals surface area contributed by atoms with Crippen LogP contribution < -0.4 is 11.1 Å². The van der Waals surface area contributed by atoms with Crippen molar-refractivity contribution in [2.45, 2.75) is 26.3 Å². The van der Waals surface area contributed by atoms with Crippen LogP contribution in [0.15, 0.2) is 36.5 Å². The molecule has 0 spiro atoms. The summed E-state index contributed by atoms with van der Waals surface area (Å²) in [4.78, 5) is 12.0. The number of aryl methyl sites for hydroxylation is 1. The van der Waals surface area contributed by atoms with Gasteiger partial charge in [-0.1, -0.05) is 38.1 Å². The molecule has 0 saturated heterocycles. The third-order valence-corrected chi connectivity index (χ3v) is 3.36. The lowest BCUT2D eigenvalue weighted by molar-refractivity contribution is 0.0943. The Kier molecular flexibility index (Phi) is 4.13. The summed E-state index contributed by atoms with van der Waals surface area (Å²) in [6.07, 6.45) is 1.73. The molecule has 1 amide bonds. The molecule has 4 heteroatoms. The van der Waals surface area contributed by atoms with Crippen LogP contribution in [0.25, 0.3) is 0 Å². The van der Waals surface area contributed by atoms with E-state index in [2.05, 4.69) is 43.4 Å². The molecular formula is C16H21N3O. The lowest BCUT2D eigenvalue weighted by Gasteiger charge is -2.08. The molecule has 0 aliphatic carbocycles. The number of nitrogens with two attached hydrogens (primary N) is 1. The first kappa shape index (κ1) is 14.2. The minimum atomic E-state index is -0.114. The van der Waals surface area contributed by atoms with Gasteiger partial charge in [0.15, 0.2) is 0 Å². The smallest absolute Gasteiger partial charge is 0.268 e. The SMILES string of the molecule is CC(C)c1ccc(CNC(=O)c2cc(N)cn2C)cc1. The topological polar surface area (TPSA) is 60.1 Å². The van der Waals surface area contributed by atoms with Crippen molar-refractivity contribution in [2.75, 3.05) is 5.73 Å². The van der Waals surface area contributed by atoms with Crippen LogP contribution in [0.5, 0.6) is 0 Å². The highest BCUT2D eigenvalue weighted by Gasteiger charge is 2.10. The molecule has 3 N–H and O–H groups in total. The molecule has 1 aromatic heterocycles. The fourth-order valence-electron chi connectivity index (χ4n) is 2.11. The second-order valence-electron chi connectivity index (χ2n) is 5.35. The second-order valence-corrected chi connectivity index (χ2v) is 5.35. The first-order chi connectivity index (χ1) is 9.47. The molecule has 106 valence electrons. The van der Waals surface area contributed by atoms with Crippen LogP contribution in [0.4, 0.5) is 5.69 Å². The van der Waals surface area contributed by atoms with Gasteiger partial charge in [0.1, 0.15) is 5.69 Å². The van der Waals surface area contributed by atoms with E-state index in [0.717, 1.165) is 5.56 Å². The number of carbonyl (C=O) groups excluding carboxylic acids is 1. The molecule has 2 aromatic rings. The van der Waals surface area contributed by atoms with Crippen LogP contribution in [0.2, 0.25) is 0 Å². The van der Waals surface area contributed by atoms with Gasteiger partial charge in [-0.05, 0) is 23.1 Å². The number of nitrogen functional groups attached to an aromatic ring is 1. The van der Waals surface area contributed by atoms with E-state index < -0.39 is 0 Å². The van der Waals surface area contributed by atoms with E-state index in [1.54, 1.807) is 16.8 Å². The summed E-state index contributed by atoms with van der Waals surface area (Å²) in [6, 6.07) is 9.99. The lowest BCUT2D eigenvalue weighted by atomic mass is 10.0. The zero-order valence-electron chi connectivity index (χ0n) is 12.2. The number of benzene rings is 1. The normalized spacial score (nSPS) is 10.8. The van der Waals surface area contributed by atoms with Crippen LogP contribution in [-0.2, 0) is 13.6 Å². The molecule has 0 atom stereocenters. The van der Waals surface area contributed by atoms with Gasteiger partial charge in [0, 0.05) is 19.8 Å². The summed E-state index contributed by atoms with van der Waals surface area (Å²) >= 11 is 0. The number of anilines is 1. The number of hydrogen-bond acceptors (Lipinski definition) is 2. The maximum absolute atomic E-state index is 12.0. The number of amides is 1. The molecule has 0 aliphatic heterocycles. The van der Waals surface area contributed by atoms with Gasteiger partial charge in [0.05, 0.1) is 5.69 Å². The highest BCUT2D eigenvalue weighted by Crippen LogP contribution is 2.15. The van der Waals surface area contributed by atoms with E-state index >= 15 is 0 Å². The van der Waals surface area contributed by atoms with Crippen LogP contribution in [0.1, 0.15) is 41.4 Å². The second kappa shape index (κ2) is 5.82. The van der Waals surface area contributed by atoms with Crippen LogP contribution in [0, 0.1) is 0 Å². The molecule has 0 aliphatic rings. The first-order valence-electron chi connectivity index (χ1n) is 6.76. The van der Waals surface area contributed by atoms with Crippen LogP contribution >= 0.6 is 0 Å². The van der Waals surface area contributed by atoms with Gasteiger partial charge in [-0.25, -0.2) is 0 Å². The van der Waals surface area contributed by atoms with Crippen molar-refractivity contribution in [1.82, 2.24) is 9.88 Å². The monoisotopic (exact) mass is 271 g/mol. The third kappa shape index (κ3) is 3.20. The van der Waals surface area contributed by atoms with E-state index in [-0.39, 0.29) is 5.91 Å². The molecule has 1 heterocycles. The summed E-state index contributed by atoms with van der Waals surface area (Å²) in [5.41, 5.74) is 9.22. The molecular weight excluding hydrogens is 250 g/mol. The highest BCUT2D eigenvalue weighted by atomic mass is 16.1. The summed E-state index contributed by atoms with van der Waals surface area (Å²) in [6.45, 7) is 4.84. The van der Waals surface area contributed by atoms with Crippen molar-refractivity contribution >= 4 is 11.6 Å². The number of aromatic nitrogens is 1. The van der Waals surface area contributed by atoms with Gasteiger partial charge < -0.3 is 15.6 Å². The minimum Gasteiger partial charge on any atom is -0.397 e. The van der Waals surface area contributed by atoms with Gasteiger partial charge in [0.25, 0.3) is 5.91 Å². The number of nitrogens with one attached hydrogen (secondary N) is 1. The average Bonchev–Trinajstić information content (AvgIpc) is 2.75. The summed E-state index contributed by atoms with van der Waals surface area (Å²) in [5.74, 6) is 0.405. The Hall–Kier alpha value is -2.23. The zero-order valence-corrected chi connectivity index (χ0v) is 12.2. The molecule has 1 aromatic carbocycles. The van der Waals surface area contributed by atoms with Crippen molar-refractivity contribution in [3.8, 4) is 0 Å². The number of carbonyl (C=O) groups is 1. The Morgan fingerprint density at radius 1 is 1.30 bits per heavy atom. The Morgan fingerprint density at radius 2 is 1.95 bits per heavy atom. The standard InChI is InChI=1S/C16H21N3O/c1-11(2)13-6-4-12(5-7-13)9-18-16(20)15-8-14(17)10-19(15)3/h4-8,10-11H,9,17H2,1-3H3,(H,18,20). The van der Waals surface area contributed by atoms with Crippen molar-refractivity contribution in [3.05, 3.63) is 53.3 Å². The predicted octanol–water partition coefficient (Wildman–Crippen LogP) is 2.66. The largest absolute Gasteiger partial charge is 0.397 e. The molecule has 0 bridgehead atoms. The Morgan fingerprint density at radius 3 is 2.45 bits per heavy atom. The number of rotatable bonds is 4. The van der Waals surface area contributed by atoms with Gasteiger partial charge in [-0.2, -0.15) is 0 Å². The summed E-state index contributed by atoms with van der Waals surface area (Å²) in [5, 5.41) is 2.90. The van der Waals surface area contributed by atoms with Gasteiger partial charge in [-0.3, -0.25) is 4.79 Å². The van der Waals surface area contributed by atoms with E-state index in [1.165, 1.54) is 5.56 Å². The lowest BCUT2D eigenvalue weighted by Crippen LogP contribution is -2.24. The number of nitrogens with zero attached hydrogens (tertiary/aromatic N) is 1. The van der Waals surface area contributed by atoms with Crippen molar-refractivity contribution in [2.24, 2.45) is 7.05 Å². The van der Waals surface area contributed by atoms with E-state index in [0.29, 0.717) is 23.8 Å². The molecule has 0 saturated carbocycles. The Balaban J connectivity index is 1.98. The van der Waals surface area contributed by atoms with Crippen LogP contribution in [-0.4, -0.2) is 10.5 Å². The summed E-state index contributed by atoms with van der Waals surface area (Å²) < 4.78 is 1.73. The fourth-order valence-corrected chi connectivity index (χ4v) is 2.11. The molecule has 20 heavy (non-hydrogen) atoms. The maximum atomic E-state index is 12.0. The molecule has 0 unspecified atom stereocenters. The fraction of sp³-hybridized carbons (Fsp3) is 0.312. The molecule has 0 fully saturated rings. The Bertz CT molecular complexity index is 597. The third-order valence-electron chi connectivity index (χ3n) is 3.36. The predicted molar refractivity (Wildman–Crippen MR) is 81.5 cm³/mol. The van der Waals surface area contributed by atoms with Gasteiger partial charge in [-0.15, -0.1) is 0 Å². The Labute approximate surface area is 119 Å². The van der Waals surface area contributed by atoms with E-state index in [9.17, 15) is 4.79 Å². The summed E-state index contributed by atoms with van der Waals surface area (Å²) in [7, 11) is 1.81. The van der Waals surface area contributed by atoms with Crippen molar-refractivity contribution in [3.63, 3.8) is 0 Å². The molecule has 4 nitrogen and oxygen atoms in total. The average molecular weight is 271 g/mol. The minimum absolute atomic E-state index is 0.114. The van der Waals surface area contributed by atoms with Crippen molar-refractivity contribution in [1.29, 1.82) is 0 Å². The van der Waals surface area contributed by atoms with Gasteiger partial charge >= 0.3 is 0 Å². The first-order valence-corrected chi connectivity index (χ1v) is 6.76. The molecule has 2 rings (SSSR count). The quantitative estimate of drug-likeness (QED) is 0.898. The zero-order chi connectivity index (χ0) is 14.7. The van der Waals surface area contributed by atoms with E-state index in [4.69, 9.17) is 5.73 Å². The maximum Gasteiger partial charge on any atom is 0.268 e. The number of hydrogen-bond donors (Lipinski definition) is 2. The van der Waals surface area contributed by atoms with Crippen LogP contribution in [0.3, 0.4) is 0 Å². The van der Waals surface area contributed by atoms with Crippen molar-refractivity contribution < 1.29 is 4.79 Å². The van der Waals surface area contributed by atoms with E-state index in [1.807, 2.05) is 7.05 Å². The van der Waals surface area contributed by atoms with Gasteiger partial charge in [0.2, 0.25) is 0 Å². The molecule has 0 radical (unpaired) electrons.